The number of carbonyl (C=O) groups excluding carboxylic acids is 1. The topological polar surface area (TPSA) is 201 Å². The molecule has 1 aliphatic carbocycles. The quantitative estimate of drug-likeness (QED) is 0.0875. The van der Waals surface area contributed by atoms with Crippen LogP contribution in [-0.2, 0) is 9.59 Å². The Bertz CT molecular complexity index is 723. The summed E-state index contributed by atoms with van der Waals surface area (Å²) in [6.07, 6.45) is 1.83. The molecule has 0 bridgehead atoms. The Hall–Kier alpha value is -1.46. The largest absolute Gasteiger partial charge is 0.480 e. The molecule has 8 N–H and O–H groups in total. The molecule has 0 aromatic heterocycles. The van der Waals surface area contributed by atoms with Crippen molar-refractivity contribution < 1.29 is 45.3 Å². The van der Waals surface area contributed by atoms with Gasteiger partial charge in [-0.15, -0.1) is 0 Å². The number of aliphatic hydroxyl groups excluding tert-OH is 3. The van der Waals surface area contributed by atoms with Crippen LogP contribution in [0, 0.1) is 0 Å². The minimum atomic E-state index is -1.73. The van der Waals surface area contributed by atoms with Crippen molar-refractivity contribution in [1.29, 1.82) is 0 Å². The van der Waals surface area contributed by atoms with Crippen molar-refractivity contribution in [2.24, 2.45) is 0 Å². The molecule has 0 spiro atoms. The molecule has 0 aromatic carbocycles. The average Bonchev–Trinajstić information content (AvgIpc) is 3.12. The lowest BCUT2D eigenvalue weighted by molar-refractivity contribution is -0.139. The normalized spacial score (nSPS) is 21.7. The number of rotatable bonds is 12. The van der Waals surface area contributed by atoms with Crippen LogP contribution in [0.25, 0.3) is 0 Å². The maximum atomic E-state index is 12.7. The van der Waals surface area contributed by atoms with Gasteiger partial charge in [0.05, 0.1) is 12.6 Å². The smallest absolute Gasteiger partial charge is 0.317 e. The molecular formula is C26H51N5O9. The van der Waals surface area contributed by atoms with Crippen molar-refractivity contribution >= 4 is 11.9 Å². The molecule has 1 saturated heterocycles. The number of aliphatic hydroxyl groups is 6. The number of carbonyl (C=O) groups is 2. The molecule has 14 nitrogen and oxygen atoms in total. The molecule has 1 aliphatic heterocycles. The lowest BCUT2D eigenvalue weighted by atomic mass is 10.1. The highest BCUT2D eigenvalue weighted by molar-refractivity contribution is 5.76. The third-order valence-electron chi connectivity index (χ3n) is 7.77. The van der Waals surface area contributed by atoms with Gasteiger partial charge in [-0.2, -0.15) is 0 Å². The number of carboxylic acids is 1. The molecule has 1 saturated carbocycles. The summed E-state index contributed by atoms with van der Waals surface area (Å²) >= 11 is 0. The Morgan fingerprint density at radius 1 is 0.700 bits per heavy atom. The summed E-state index contributed by atoms with van der Waals surface area (Å²) < 4.78 is 0. The second-order valence-corrected chi connectivity index (χ2v) is 11.0. The number of hydrogen-bond donors (Lipinski definition) is 8. The van der Waals surface area contributed by atoms with E-state index in [1.54, 1.807) is 14.7 Å². The third kappa shape index (κ3) is 14.4. The number of β-amino-alcohol motifs (C(OH)–C–C–N with tert-alkyl or cyclic N) is 4. The highest BCUT2D eigenvalue weighted by Gasteiger charge is 2.28. The summed E-state index contributed by atoms with van der Waals surface area (Å²) in [5.74, 6) is -1.14. The summed E-state index contributed by atoms with van der Waals surface area (Å²) in [5.41, 5.74) is 0. The van der Waals surface area contributed by atoms with Crippen LogP contribution in [-0.4, -0.2) is 170 Å². The first kappa shape index (κ1) is 34.7. The summed E-state index contributed by atoms with van der Waals surface area (Å²) in [6.45, 7) is 2.33. The van der Waals surface area contributed by atoms with E-state index in [4.69, 9.17) is 0 Å². The van der Waals surface area contributed by atoms with E-state index >= 15 is 0 Å². The van der Waals surface area contributed by atoms with Crippen LogP contribution in [0.1, 0.15) is 51.4 Å². The van der Waals surface area contributed by atoms with Crippen molar-refractivity contribution in [2.45, 2.75) is 82.3 Å². The fraction of sp³-hybridized carbons (Fsp3) is 0.923. The Morgan fingerprint density at radius 3 is 1.65 bits per heavy atom. The molecule has 1 atom stereocenters. The molecule has 0 aromatic rings. The zero-order chi connectivity index (χ0) is 29.5. The number of amides is 1. The van der Waals surface area contributed by atoms with Crippen LogP contribution in [0.2, 0.25) is 0 Å². The van der Waals surface area contributed by atoms with Gasteiger partial charge in [0.1, 0.15) is 0 Å². The number of aliphatic carboxylic acids is 1. The number of nitrogens with zero attached hydrogens (tertiary/aromatic N) is 4. The molecule has 1 amide bonds. The van der Waals surface area contributed by atoms with E-state index in [2.05, 4.69) is 5.32 Å². The van der Waals surface area contributed by atoms with E-state index in [0.717, 1.165) is 25.7 Å². The van der Waals surface area contributed by atoms with Gasteiger partial charge in [0.15, 0.2) is 18.9 Å². The molecule has 40 heavy (non-hydrogen) atoms. The zero-order valence-electron chi connectivity index (χ0n) is 23.6. The lowest BCUT2D eigenvalue weighted by Crippen LogP contribution is -2.53. The molecule has 1 unspecified atom stereocenters. The molecule has 2 rings (SSSR count). The van der Waals surface area contributed by atoms with E-state index in [1.807, 2.05) is 4.90 Å². The van der Waals surface area contributed by atoms with E-state index in [0.29, 0.717) is 45.8 Å². The standard InChI is InChI=1S/C26H51N5O9/c32-22(27-20-5-3-1-2-4-6-20)8-7-21(26(39)40)31-15-13-29(18-24(35)36)11-9-28(17-23(33)34)10-12-30(14-16-31)19-25(37)38/h20-21,23-24,26,33-36,39-40H,1-19H2,(H,27,32)(H,37,38). The first-order valence-electron chi connectivity index (χ1n) is 14.5. The number of hydrogen-bond acceptors (Lipinski definition) is 12. The highest BCUT2D eigenvalue weighted by atomic mass is 16.5. The second kappa shape index (κ2) is 18.9. The van der Waals surface area contributed by atoms with Crippen molar-refractivity contribution in [3.05, 3.63) is 0 Å². The summed E-state index contributed by atoms with van der Waals surface area (Å²) in [6, 6.07) is -0.639. The van der Waals surface area contributed by atoms with E-state index in [9.17, 15) is 45.3 Å². The Morgan fingerprint density at radius 2 is 1.18 bits per heavy atom. The van der Waals surface area contributed by atoms with Crippen LogP contribution in [0.4, 0.5) is 0 Å². The van der Waals surface area contributed by atoms with Gasteiger partial charge in [-0.25, -0.2) is 0 Å². The van der Waals surface area contributed by atoms with Gasteiger partial charge in [-0.05, 0) is 19.3 Å². The molecule has 2 fully saturated rings. The van der Waals surface area contributed by atoms with Crippen LogP contribution < -0.4 is 5.32 Å². The van der Waals surface area contributed by atoms with Gasteiger partial charge in [0.25, 0.3) is 0 Å². The van der Waals surface area contributed by atoms with Gasteiger partial charge >= 0.3 is 5.97 Å². The predicted octanol–water partition coefficient (Wildman–Crippen LogP) is -2.79. The van der Waals surface area contributed by atoms with Gasteiger partial charge in [0.2, 0.25) is 5.91 Å². The van der Waals surface area contributed by atoms with E-state index in [1.165, 1.54) is 12.8 Å². The first-order valence-corrected chi connectivity index (χ1v) is 14.5. The van der Waals surface area contributed by atoms with Crippen LogP contribution in [0.5, 0.6) is 0 Å². The molecule has 1 heterocycles. The van der Waals surface area contributed by atoms with Crippen molar-refractivity contribution in [1.82, 2.24) is 24.9 Å². The van der Waals surface area contributed by atoms with Gasteiger partial charge in [-0.1, -0.05) is 25.7 Å². The van der Waals surface area contributed by atoms with E-state index < -0.39 is 30.9 Å². The maximum Gasteiger partial charge on any atom is 0.317 e. The fourth-order valence-corrected chi connectivity index (χ4v) is 5.58. The van der Waals surface area contributed by atoms with Gasteiger partial charge in [0, 0.05) is 77.9 Å². The zero-order valence-corrected chi connectivity index (χ0v) is 23.6. The predicted molar refractivity (Wildman–Crippen MR) is 146 cm³/mol. The summed E-state index contributed by atoms with van der Waals surface area (Å²) in [5, 5.41) is 71.3. The summed E-state index contributed by atoms with van der Waals surface area (Å²) in [4.78, 5) is 31.3. The monoisotopic (exact) mass is 577 g/mol. The SMILES string of the molecule is O=C(O)CN1CCN(CC(O)O)CCN(CC(O)O)CCN(C(CCC(=O)NC2CCCCCC2)C(O)O)CC1. The third-order valence-corrected chi connectivity index (χ3v) is 7.77. The van der Waals surface area contributed by atoms with E-state index in [-0.39, 0.29) is 51.0 Å². The Kier molecular flexibility index (Phi) is 16.4. The molecule has 0 radical (unpaired) electrons. The van der Waals surface area contributed by atoms with Crippen molar-refractivity contribution in [2.75, 3.05) is 72.0 Å². The molecule has 2 aliphatic rings. The first-order chi connectivity index (χ1) is 19.0. The Labute approximate surface area is 236 Å². The highest BCUT2D eigenvalue weighted by Crippen LogP contribution is 2.18. The van der Waals surface area contributed by atoms with Crippen LogP contribution in [0.15, 0.2) is 0 Å². The Balaban J connectivity index is 2.13. The van der Waals surface area contributed by atoms with Crippen molar-refractivity contribution in [3.8, 4) is 0 Å². The minimum absolute atomic E-state index is 0.0374. The molecular weight excluding hydrogens is 526 g/mol. The van der Waals surface area contributed by atoms with Gasteiger partial charge < -0.3 is 41.1 Å². The number of nitrogens with one attached hydrogen (secondary N) is 1. The average molecular weight is 578 g/mol. The van der Waals surface area contributed by atoms with Crippen molar-refractivity contribution in [3.63, 3.8) is 0 Å². The maximum absolute atomic E-state index is 12.7. The lowest BCUT2D eigenvalue weighted by Gasteiger charge is -2.38. The fourth-order valence-electron chi connectivity index (χ4n) is 5.58. The van der Waals surface area contributed by atoms with Crippen LogP contribution in [0.3, 0.4) is 0 Å². The summed E-state index contributed by atoms with van der Waals surface area (Å²) in [7, 11) is 0. The second-order valence-electron chi connectivity index (χ2n) is 11.0. The number of carboxylic acid groups (broad SMARTS) is 1. The molecule has 234 valence electrons. The minimum Gasteiger partial charge on any atom is -0.480 e. The van der Waals surface area contributed by atoms with Gasteiger partial charge in [-0.3, -0.25) is 29.2 Å². The molecule has 14 heteroatoms. The van der Waals surface area contributed by atoms with Crippen LogP contribution >= 0.6 is 0 Å².